The molecule has 0 aliphatic carbocycles. The van der Waals surface area contributed by atoms with Crippen LogP contribution in [0.2, 0.25) is 0 Å². The molecule has 6 rings (SSSR count). The minimum Gasteiger partial charge on any atom is -0.493 e. The first-order valence-corrected chi connectivity index (χ1v) is 12.0. The van der Waals surface area contributed by atoms with E-state index in [4.69, 9.17) is 14.5 Å². The Morgan fingerprint density at radius 1 is 0.600 bits per heavy atom. The Labute approximate surface area is 204 Å². The Hall–Kier alpha value is -4.31. The van der Waals surface area contributed by atoms with Gasteiger partial charge in [0, 0.05) is 17.3 Å². The zero-order valence-electron chi connectivity index (χ0n) is 19.4. The number of ether oxygens (including phenoxy) is 2. The van der Waals surface area contributed by atoms with Crippen molar-refractivity contribution in [2.45, 2.75) is 19.6 Å². The summed E-state index contributed by atoms with van der Waals surface area (Å²) in [5, 5.41) is 4.62. The van der Waals surface area contributed by atoms with E-state index in [-0.39, 0.29) is 0 Å². The zero-order valence-corrected chi connectivity index (χ0v) is 19.4. The molecular formula is C31H26N2O2. The highest BCUT2D eigenvalue weighted by Crippen LogP contribution is 2.27. The van der Waals surface area contributed by atoms with Gasteiger partial charge in [-0.1, -0.05) is 84.9 Å². The van der Waals surface area contributed by atoms with Crippen LogP contribution in [-0.4, -0.2) is 16.2 Å². The molecule has 5 aromatic carbocycles. The number of fused-ring (bicyclic) bond motifs is 3. The molecule has 0 fully saturated rings. The molecule has 0 atom stereocenters. The predicted molar refractivity (Wildman–Crippen MR) is 142 cm³/mol. The highest BCUT2D eigenvalue weighted by atomic mass is 16.5. The van der Waals surface area contributed by atoms with Gasteiger partial charge >= 0.3 is 0 Å². The lowest BCUT2D eigenvalue weighted by atomic mass is 10.1. The average Bonchev–Trinajstić information content (AvgIpc) is 3.27. The lowest BCUT2D eigenvalue weighted by Gasteiger charge is -2.13. The van der Waals surface area contributed by atoms with Crippen LogP contribution in [0.1, 0.15) is 12.2 Å². The first kappa shape index (κ1) is 21.2. The number of para-hydroxylation sites is 2. The van der Waals surface area contributed by atoms with Crippen molar-refractivity contribution < 1.29 is 9.47 Å². The zero-order chi connectivity index (χ0) is 23.5. The Kier molecular flexibility index (Phi) is 5.77. The molecule has 0 unspecified atom stereocenters. The monoisotopic (exact) mass is 458 g/mol. The summed E-state index contributed by atoms with van der Waals surface area (Å²) < 4.78 is 14.7. The summed E-state index contributed by atoms with van der Waals surface area (Å²) in [4.78, 5) is 4.88. The second kappa shape index (κ2) is 9.51. The molecule has 4 heteroatoms. The van der Waals surface area contributed by atoms with E-state index in [0.717, 1.165) is 52.1 Å². The number of hydrogen-bond acceptors (Lipinski definition) is 3. The summed E-state index contributed by atoms with van der Waals surface area (Å²) >= 11 is 0. The topological polar surface area (TPSA) is 36.3 Å². The third-order valence-electron chi connectivity index (χ3n) is 6.37. The largest absolute Gasteiger partial charge is 0.493 e. The smallest absolute Gasteiger partial charge is 0.148 e. The average molecular weight is 459 g/mol. The first-order chi connectivity index (χ1) is 17.4. The highest BCUT2D eigenvalue weighted by molar-refractivity contribution is 5.89. The van der Waals surface area contributed by atoms with Crippen LogP contribution < -0.4 is 9.47 Å². The normalized spacial score (nSPS) is 11.3. The molecule has 1 heterocycles. The van der Waals surface area contributed by atoms with E-state index in [1.54, 1.807) is 0 Å². The molecule has 0 N–H and O–H groups in total. The predicted octanol–water partition coefficient (Wildman–Crippen LogP) is 7.39. The number of rotatable bonds is 8. The quantitative estimate of drug-likeness (QED) is 0.223. The standard InChI is InChI=1S/C31H26N2O2/c1-3-14-25-23(10-1)12-7-18-29(25)34-21-9-20-33-28-17-6-5-16-27(28)32-31(33)22-35-30-19-8-13-24-11-2-4-15-26(24)30/h1-8,10-19H,9,20-22H2. The van der Waals surface area contributed by atoms with Crippen molar-refractivity contribution in [3.8, 4) is 11.5 Å². The van der Waals surface area contributed by atoms with Gasteiger partial charge in [-0.05, 0) is 41.5 Å². The van der Waals surface area contributed by atoms with E-state index >= 15 is 0 Å². The summed E-state index contributed by atoms with van der Waals surface area (Å²) in [6.07, 6.45) is 0.866. The van der Waals surface area contributed by atoms with Crippen LogP contribution >= 0.6 is 0 Å². The summed E-state index contributed by atoms with van der Waals surface area (Å²) in [6, 6.07) is 37.2. The molecule has 4 nitrogen and oxygen atoms in total. The fourth-order valence-corrected chi connectivity index (χ4v) is 4.68. The fraction of sp³-hybridized carbons (Fsp3) is 0.129. The molecule has 0 aliphatic heterocycles. The van der Waals surface area contributed by atoms with Crippen molar-refractivity contribution in [2.24, 2.45) is 0 Å². The van der Waals surface area contributed by atoms with Gasteiger partial charge in [0.25, 0.3) is 0 Å². The molecule has 6 aromatic rings. The summed E-state index contributed by atoms with van der Waals surface area (Å²) in [7, 11) is 0. The molecule has 0 saturated heterocycles. The SMILES string of the molecule is c1ccc2c(OCCCn3c(COc4cccc5ccccc45)nc4ccccc43)cccc2c1. The van der Waals surface area contributed by atoms with Gasteiger partial charge in [0.05, 0.1) is 17.6 Å². The van der Waals surface area contributed by atoms with Gasteiger partial charge in [-0.3, -0.25) is 0 Å². The van der Waals surface area contributed by atoms with Gasteiger partial charge in [-0.25, -0.2) is 4.98 Å². The van der Waals surface area contributed by atoms with Crippen molar-refractivity contribution >= 4 is 32.6 Å². The maximum atomic E-state index is 6.28. The maximum Gasteiger partial charge on any atom is 0.148 e. The summed E-state index contributed by atoms with van der Waals surface area (Å²) in [5.74, 6) is 2.73. The van der Waals surface area contributed by atoms with Crippen LogP contribution in [-0.2, 0) is 13.2 Å². The van der Waals surface area contributed by atoms with Gasteiger partial charge in [0.1, 0.15) is 23.9 Å². The third-order valence-corrected chi connectivity index (χ3v) is 6.37. The lowest BCUT2D eigenvalue weighted by molar-refractivity contribution is 0.283. The second-order valence-electron chi connectivity index (χ2n) is 8.61. The van der Waals surface area contributed by atoms with Crippen molar-refractivity contribution in [1.29, 1.82) is 0 Å². The molecule has 0 aliphatic rings. The number of nitrogens with zero attached hydrogens (tertiary/aromatic N) is 2. The van der Waals surface area contributed by atoms with Gasteiger partial charge in [0.2, 0.25) is 0 Å². The van der Waals surface area contributed by atoms with Crippen LogP contribution in [0, 0.1) is 0 Å². The molecule has 0 saturated carbocycles. The molecular weight excluding hydrogens is 432 g/mol. The van der Waals surface area contributed by atoms with Crippen molar-refractivity contribution in [2.75, 3.05) is 6.61 Å². The molecule has 0 bridgehead atoms. The Bertz CT molecular complexity index is 1610. The summed E-state index contributed by atoms with van der Waals surface area (Å²) in [5.41, 5.74) is 2.10. The van der Waals surface area contributed by atoms with Crippen LogP contribution in [0.5, 0.6) is 11.5 Å². The van der Waals surface area contributed by atoms with Gasteiger partial charge < -0.3 is 14.0 Å². The molecule has 0 spiro atoms. The first-order valence-electron chi connectivity index (χ1n) is 12.0. The van der Waals surface area contributed by atoms with E-state index in [9.17, 15) is 0 Å². The third kappa shape index (κ3) is 4.31. The second-order valence-corrected chi connectivity index (χ2v) is 8.61. The molecule has 1 aromatic heterocycles. The molecule has 0 amide bonds. The number of imidazole rings is 1. The minimum absolute atomic E-state index is 0.410. The minimum atomic E-state index is 0.410. The lowest BCUT2D eigenvalue weighted by Crippen LogP contribution is -2.10. The van der Waals surface area contributed by atoms with E-state index in [1.165, 1.54) is 10.8 Å². The molecule has 35 heavy (non-hydrogen) atoms. The Balaban J connectivity index is 1.19. The van der Waals surface area contributed by atoms with Gasteiger partial charge in [0.15, 0.2) is 0 Å². The van der Waals surface area contributed by atoms with E-state index in [1.807, 2.05) is 42.5 Å². The Morgan fingerprint density at radius 3 is 1.94 bits per heavy atom. The van der Waals surface area contributed by atoms with E-state index in [0.29, 0.717) is 13.2 Å². The van der Waals surface area contributed by atoms with E-state index in [2.05, 4.69) is 71.3 Å². The number of benzene rings is 5. The van der Waals surface area contributed by atoms with Crippen molar-refractivity contribution in [1.82, 2.24) is 9.55 Å². The fourth-order valence-electron chi connectivity index (χ4n) is 4.68. The molecule has 0 radical (unpaired) electrons. The van der Waals surface area contributed by atoms with Crippen molar-refractivity contribution in [3.63, 3.8) is 0 Å². The summed E-state index contributed by atoms with van der Waals surface area (Å²) in [6.45, 7) is 1.84. The number of aromatic nitrogens is 2. The van der Waals surface area contributed by atoms with Crippen LogP contribution in [0.25, 0.3) is 32.6 Å². The molecule has 172 valence electrons. The van der Waals surface area contributed by atoms with Gasteiger partial charge in [-0.2, -0.15) is 0 Å². The van der Waals surface area contributed by atoms with Gasteiger partial charge in [-0.15, -0.1) is 0 Å². The highest BCUT2D eigenvalue weighted by Gasteiger charge is 2.12. The van der Waals surface area contributed by atoms with Crippen molar-refractivity contribution in [3.05, 3.63) is 115 Å². The van der Waals surface area contributed by atoms with E-state index < -0.39 is 0 Å². The Morgan fingerprint density at radius 2 is 1.20 bits per heavy atom. The van der Waals surface area contributed by atoms with Crippen LogP contribution in [0.3, 0.4) is 0 Å². The number of aryl methyl sites for hydroxylation is 1. The maximum absolute atomic E-state index is 6.28. The van der Waals surface area contributed by atoms with Crippen LogP contribution in [0.15, 0.2) is 109 Å². The number of hydrogen-bond donors (Lipinski definition) is 0. The van der Waals surface area contributed by atoms with Crippen LogP contribution in [0.4, 0.5) is 0 Å².